The van der Waals surface area contributed by atoms with Crippen molar-refractivity contribution in [3.63, 3.8) is 0 Å². The maximum atomic E-state index is 12.1. The molecule has 2 aromatic rings. The minimum absolute atomic E-state index is 0.0315. The van der Waals surface area contributed by atoms with E-state index < -0.39 is 4.92 Å². The Kier molecular flexibility index (Phi) is 6.22. The van der Waals surface area contributed by atoms with E-state index >= 15 is 0 Å². The normalized spacial score (nSPS) is 16.7. The number of carbonyl (C=O) groups excluding carboxylic acids is 1. The standard InChI is InChI=1S/C18H13BrN4O4S/c1-27-15-6-5-11(8-14(15)19)9-16-17(24)21-18(28-16)22-20-10-12-3-2-4-13(7-12)23(25)26/h2-10H,1H3,(H,21,22,24)/b16-9+,20-10+. The SMILES string of the molecule is COc1ccc(/C=C2/S/C(=N/N=C/c3cccc([N+](=O)[O-])c3)NC2=O)cc1Br. The molecule has 10 heteroatoms. The summed E-state index contributed by atoms with van der Waals surface area (Å²) in [4.78, 5) is 22.9. The predicted octanol–water partition coefficient (Wildman–Crippen LogP) is 3.96. The molecule has 0 bridgehead atoms. The van der Waals surface area contributed by atoms with Gasteiger partial charge in [0.1, 0.15) is 5.75 Å². The van der Waals surface area contributed by atoms with Gasteiger partial charge in [-0.1, -0.05) is 18.2 Å². The van der Waals surface area contributed by atoms with Crippen LogP contribution in [0.1, 0.15) is 11.1 Å². The molecule has 1 fully saturated rings. The second kappa shape index (κ2) is 8.81. The summed E-state index contributed by atoms with van der Waals surface area (Å²) in [7, 11) is 1.58. The monoisotopic (exact) mass is 460 g/mol. The van der Waals surface area contributed by atoms with Gasteiger partial charge in [0.25, 0.3) is 11.6 Å². The number of amides is 1. The zero-order valence-corrected chi connectivity index (χ0v) is 16.9. The first-order chi connectivity index (χ1) is 13.5. The number of non-ortho nitro benzene ring substituents is 1. The highest BCUT2D eigenvalue weighted by atomic mass is 79.9. The predicted molar refractivity (Wildman–Crippen MR) is 113 cm³/mol. The second-order valence-corrected chi connectivity index (χ2v) is 7.35. The maximum Gasteiger partial charge on any atom is 0.270 e. The van der Waals surface area contributed by atoms with E-state index in [4.69, 9.17) is 4.74 Å². The molecule has 2 aromatic carbocycles. The number of carbonyl (C=O) groups is 1. The number of thioether (sulfide) groups is 1. The fourth-order valence-electron chi connectivity index (χ4n) is 2.27. The minimum Gasteiger partial charge on any atom is -0.496 e. The Morgan fingerprint density at radius 1 is 1.25 bits per heavy atom. The van der Waals surface area contributed by atoms with Gasteiger partial charge in [0.05, 0.1) is 27.6 Å². The second-order valence-electron chi connectivity index (χ2n) is 5.46. The zero-order chi connectivity index (χ0) is 20.1. The Morgan fingerprint density at radius 2 is 2.07 bits per heavy atom. The van der Waals surface area contributed by atoms with Gasteiger partial charge in [-0.05, 0) is 51.5 Å². The molecular weight excluding hydrogens is 448 g/mol. The van der Waals surface area contributed by atoms with Crippen LogP contribution in [-0.2, 0) is 4.79 Å². The third kappa shape index (κ3) is 4.84. The number of hydrogen-bond donors (Lipinski definition) is 1. The van der Waals surface area contributed by atoms with Gasteiger partial charge in [-0.25, -0.2) is 0 Å². The van der Waals surface area contributed by atoms with E-state index in [9.17, 15) is 14.9 Å². The molecule has 0 atom stereocenters. The Balaban J connectivity index is 1.72. The number of halogens is 1. The van der Waals surface area contributed by atoms with Gasteiger partial charge in [-0.15, -0.1) is 5.10 Å². The van der Waals surface area contributed by atoms with Gasteiger partial charge in [0.2, 0.25) is 0 Å². The van der Waals surface area contributed by atoms with E-state index in [1.165, 1.54) is 18.3 Å². The molecule has 1 aliphatic heterocycles. The van der Waals surface area contributed by atoms with Gasteiger partial charge in [0.15, 0.2) is 5.17 Å². The van der Waals surface area contributed by atoms with Crippen molar-refractivity contribution in [3.8, 4) is 5.75 Å². The topological polar surface area (TPSA) is 106 Å². The van der Waals surface area contributed by atoms with Gasteiger partial charge in [0, 0.05) is 17.7 Å². The van der Waals surface area contributed by atoms with Crippen LogP contribution in [0.25, 0.3) is 6.08 Å². The molecule has 0 unspecified atom stereocenters. The third-order valence-corrected chi connectivity index (χ3v) is 5.08. The van der Waals surface area contributed by atoms with Crippen molar-refractivity contribution in [3.05, 3.63) is 73.1 Å². The summed E-state index contributed by atoms with van der Waals surface area (Å²) >= 11 is 4.56. The summed E-state index contributed by atoms with van der Waals surface area (Å²) in [5.41, 5.74) is 1.33. The molecule has 1 aliphatic rings. The molecule has 0 spiro atoms. The number of benzene rings is 2. The minimum atomic E-state index is -0.481. The van der Waals surface area contributed by atoms with Crippen molar-refractivity contribution < 1.29 is 14.5 Å². The highest BCUT2D eigenvalue weighted by Crippen LogP contribution is 2.30. The molecule has 1 heterocycles. The van der Waals surface area contributed by atoms with Gasteiger partial charge in [-0.3, -0.25) is 20.2 Å². The van der Waals surface area contributed by atoms with Crippen LogP contribution in [0.2, 0.25) is 0 Å². The average molecular weight is 461 g/mol. The largest absolute Gasteiger partial charge is 0.496 e. The first-order valence-electron chi connectivity index (χ1n) is 7.86. The van der Waals surface area contributed by atoms with Crippen LogP contribution in [0.5, 0.6) is 5.75 Å². The summed E-state index contributed by atoms with van der Waals surface area (Å²) in [6, 6.07) is 11.5. The summed E-state index contributed by atoms with van der Waals surface area (Å²) in [6.07, 6.45) is 3.12. The number of nitro groups is 1. The molecule has 1 N–H and O–H groups in total. The lowest BCUT2D eigenvalue weighted by Gasteiger charge is -2.03. The number of nitrogens with zero attached hydrogens (tertiary/aromatic N) is 3. The van der Waals surface area contributed by atoms with Gasteiger partial charge < -0.3 is 4.74 Å². The molecule has 0 aliphatic carbocycles. The summed E-state index contributed by atoms with van der Waals surface area (Å²) in [5, 5.41) is 21.6. The van der Waals surface area contributed by atoms with Gasteiger partial charge >= 0.3 is 0 Å². The van der Waals surface area contributed by atoms with E-state index in [-0.39, 0.29) is 11.6 Å². The number of hydrogen-bond acceptors (Lipinski definition) is 7. The fourth-order valence-corrected chi connectivity index (χ4v) is 3.60. The molecule has 0 aromatic heterocycles. The number of ether oxygens (including phenoxy) is 1. The molecule has 28 heavy (non-hydrogen) atoms. The van der Waals surface area contributed by atoms with Crippen molar-refractivity contribution in [1.29, 1.82) is 0 Å². The van der Waals surface area contributed by atoms with Crippen LogP contribution in [-0.4, -0.2) is 29.3 Å². The van der Waals surface area contributed by atoms with Crippen molar-refractivity contribution in [2.24, 2.45) is 10.2 Å². The highest BCUT2D eigenvalue weighted by Gasteiger charge is 2.23. The van der Waals surface area contributed by atoms with Gasteiger partial charge in [-0.2, -0.15) is 5.10 Å². The molecule has 0 radical (unpaired) electrons. The zero-order valence-electron chi connectivity index (χ0n) is 14.5. The summed E-state index contributed by atoms with van der Waals surface area (Å²) in [5.74, 6) is 0.421. The van der Waals surface area contributed by atoms with E-state index in [1.54, 1.807) is 31.4 Å². The summed E-state index contributed by atoms with van der Waals surface area (Å²) < 4.78 is 5.97. The lowest BCUT2D eigenvalue weighted by Crippen LogP contribution is -2.19. The average Bonchev–Trinajstić information content (AvgIpc) is 3.01. The smallest absolute Gasteiger partial charge is 0.270 e. The molecule has 142 valence electrons. The number of rotatable bonds is 5. The first kappa shape index (κ1) is 19.8. The number of methoxy groups -OCH3 is 1. The van der Waals surface area contributed by atoms with E-state index in [0.29, 0.717) is 21.4 Å². The molecule has 1 amide bonds. The summed E-state index contributed by atoms with van der Waals surface area (Å²) in [6.45, 7) is 0. The Labute approximate surface area is 172 Å². The maximum absolute atomic E-state index is 12.1. The van der Waals surface area contributed by atoms with Crippen LogP contribution < -0.4 is 10.1 Å². The van der Waals surface area contributed by atoms with Crippen LogP contribution >= 0.6 is 27.7 Å². The van der Waals surface area contributed by atoms with Crippen LogP contribution in [0, 0.1) is 10.1 Å². The lowest BCUT2D eigenvalue weighted by atomic mass is 10.2. The number of amidine groups is 1. The fraction of sp³-hybridized carbons (Fsp3) is 0.0556. The molecule has 3 rings (SSSR count). The van der Waals surface area contributed by atoms with Crippen molar-refractivity contribution in [2.45, 2.75) is 0 Å². The highest BCUT2D eigenvalue weighted by molar-refractivity contribution is 9.10. The third-order valence-electron chi connectivity index (χ3n) is 3.56. The quantitative estimate of drug-likeness (QED) is 0.314. The van der Waals surface area contributed by atoms with E-state index in [2.05, 4.69) is 31.4 Å². The molecular formula is C18H13BrN4O4S. The first-order valence-corrected chi connectivity index (χ1v) is 9.47. The Bertz CT molecular complexity index is 1040. The van der Waals surface area contributed by atoms with Crippen molar-refractivity contribution in [2.75, 3.05) is 7.11 Å². The number of nitro benzene ring substituents is 1. The van der Waals surface area contributed by atoms with E-state index in [1.807, 2.05) is 12.1 Å². The van der Waals surface area contributed by atoms with E-state index in [0.717, 1.165) is 21.8 Å². The Morgan fingerprint density at radius 3 is 2.79 bits per heavy atom. The molecule has 1 saturated heterocycles. The Hall–Kier alpha value is -2.98. The molecule has 0 saturated carbocycles. The van der Waals surface area contributed by atoms with Crippen molar-refractivity contribution >= 4 is 56.7 Å². The lowest BCUT2D eigenvalue weighted by molar-refractivity contribution is -0.384. The number of nitrogens with one attached hydrogen (secondary N) is 1. The van der Waals surface area contributed by atoms with Crippen LogP contribution in [0.15, 0.2) is 62.0 Å². The molecule has 8 nitrogen and oxygen atoms in total. The van der Waals surface area contributed by atoms with Crippen LogP contribution in [0.3, 0.4) is 0 Å². The van der Waals surface area contributed by atoms with Crippen LogP contribution in [0.4, 0.5) is 5.69 Å². The van der Waals surface area contributed by atoms with Crippen molar-refractivity contribution in [1.82, 2.24) is 5.32 Å².